The van der Waals surface area contributed by atoms with Gasteiger partial charge in [-0.3, -0.25) is 14.5 Å². The van der Waals surface area contributed by atoms with Crippen molar-refractivity contribution in [3.63, 3.8) is 0 Å². The van der Waals surface area contributed by atoms with Gasteiger partial charge in [0.15, 0.2) is 0 Å². The molecule has 2 amide bonds. The molecule has 0 spiro atoms. The van der Waals surface area contributed by atoms with Gasteiger partial charge in [-0.2, -0.15) is 0 Å². The Morgan fingerprint density at radius 2 is 2.04 bits per heavy atom. The van der Waals surface area contributed by atoms with E-state index in [1.807, 2.05) is 30.3 Å². The van der Waals surface area contributed by atoms with Crippen LogP contribution in [0.25, 0.3) is 0 Å². The number of nitrogens with zero attached hydrogens (tertiary/aromatic N) is 1. The molecule has 1 aromatic rings. The number of amides is 2. The molecule has 2 heterocycles. The van der Waals surface area contributed by atoms with E-state index in [1.54, 1.807) is 0 Å². The molecule has 0 aliphatic carbocycles. The van der Waals surface area contributed by atoms with Crippen LogP contribution in [0.4, 0.5) is 0 Å². The summed E-state index contributed by atoms with van der Waals surface area (Å²) in [5.41, 5.74) is 1.69. The van der Waals surface area contributed by atoms with Gasteiger partial charge in [0.25, 0.3) is 5.91 Å². The molecule has 2 aliphatic rings. The van der Waals surface area contributed by atoms with Crippen LogP contribution in [0.5, 0.6) is 0 Å². The highest BCUT2D eigenvalue weighted by Crippen LogP contribution is 2.40. The fourth-order valence-electron chi connectivity index (χ4n) is 2.79. The van der Waals surface area contributed by atoms with Gasteiger partial charge in [0.05, 0.1) is 6.42 Å². The third-order valence-electron chi connectivity index (χ3n) is 3.94. The lowest BCUT2D eigenvalue weighted by Crippen LogP contribution is -2.70. The number of carboxylic acid groups (broad SMARTS) is 1. The van der Waals surface area contributed by atoms with E-state index in [-0.39, 0.29) is 29.3 Å². The lowest BCUT2D eigenvalue weighted by atomic mass is 10.0. The van der Waals surface area contributed by atoms with Gasteiger partial charge in [-0.25, -0.2) is 4.79 Å². The monoisotopic (exact) mass is 458 g/mol. The maximum atomic E-state index is 12.4. The van der Waals surface area contributed by atoms with Crippen LogP contribution in [0.3, 0.4) is 0 Å². The quantitative estimate of drug-likeness (QED) is 0.396. The standard InChI is InChI=1S/C16H15IN2O4S/c17-7-10-8-24-15-12(14(21)19(15)13(10)16(22)23)18-11(20)6-9-4-2-1-3-5-9/h1-5,12,15H,6-8H2,(H,18,20)(H,22,23)/t12?,15-/m1/s1. The van der Waals surface area contributed by atoms with Crippen molar-refractivity contribution in [1.29, 1.82) is 0 Å². The molecular formula is C16H15IN2O4S. The number of hydrogen-bond donors (Lipinski definition) is 2. The molecule has 0 radical (unpaired) electrons. The van der Waals surface area contributed by atoms with E-state index in [1.165, 1.54) is 16.7 Å². The average Bonchev–Trinajstić information content (AvgIpc) is 2.58. The molecule has 6 nitrogen and oxygen atoms in total. The summed E-state index contributed by atoms with van der Waals surface area (Å²) in [6, 6.07) is 8.62. The summed E-state index contributed by atoms with van der Waals surface area (Å²) in [5.74, 6) is -1.12. The predicted octanol–water partition coefficient (Wildman–Crippen LogP) is 1.40. The predicted molar refractivity (Wildman–Crippen MR) is 98.7 cm³/mol. The van der Waals surface area contributed by atoms with Crippen molar-refractivity contribution >= 4 is 52.1 Å². The number of fused-ring (bicyclic) bond motifs is 1. The van der Waals surface area contributed by atoms with Crippen LogP contribution >= 0.6 is 34.4 Å². The Hall–Kier alpha value is -1.55. The van der Waals surface area contributed by atoms with Crippen LogP contribution in [-0.4, -0.2) is 49.4 Å². The maximum absolute atomic E-state index is 12.4. The van der Waals surface area contributed by atoms with E-state index >= 15 is 0 Å². The molecular weight excluding hydrogens is 443 g/mol. The number of carbonyl (C=O) groups excluding carboxylic acids is 2. The normalized spacial score (nSPS) is 22.7. The summed E-state index contributed by atoms with van der Waals surface area (Å²) >= 11 is 3.59. The van der Waals surface area contributed by atoms with Crippen molar-refractivity contribution in [1.82, 2.24) is 10.2 Å². The van der Waals surface area contributed by atoms with Gasteiger partial charge in [-0.15, -0.1) is 11.8 Å². The van der Waals surface area contributed by atoms with Crippen LogP contribution in [0, 0.1) is 0 Å². The van der Waals surface area contributed by atoms with Crippen molar-refractivity contribution in [2.45, 2.75) is 17.8 Å². The Kier molecular flexibility index (Phi) is 5.14. The van der Waals surface area contributed by atoms with Gasteiger partial charge >= 0.3 is 5.97 Å². The Morgan fingerprint density at radius 1 is 1.33 bits per heavy atom. The molecule has 1 aromatic carbocycles. The second-order valence-corrected chi connectivity index (χ2v) is 7.38. The summed E-state index contributed by atoms with van der Waals surface area (Å²) in [6.07, 6.45) is 0.197. The SMILES string of the molecule is O=C(Cc1ccccc1)NC1C(=O)N2C(C(=O)O)=C(CI)CS[C@H]12. The first kappa shape index (κ1) is 17.3. The first-order chi connectivity index (χ1) is 11.5. The van der Waals surface area contributed by atoms with Gasteiger partial charge in [0, 0.05) is 10.2 Å². The molecule has 0 aromatic heterocycles. The number of carboxylic acids is 1. The van der Waals surface area contributed by atoms with E-state index in [2.05, 4.69) is 27.9 Å². The van der Waals surface area contributed by atoms with E-state index in [0.717, 1.165) is 11.1 Å². The second kappa shape index (κ2) is 7.14. The van der Waals surface area contributed by atoms with Crippen molar-refractivity contribution < 1.29 is 19.5 Å². The number of aliphatic carboxylic acids is 1. The zero-order chi connectivity index (χ0) is 17.3. The summed E-state index contributed by atoms with van der Waals surface area (Å²) < 4.78 is 0.563. The highest BCUT2D eigenvalue weighted by Gasteiger charge is 2.53. The largest absolute Gasteiger partial charge is 0.477 e. The van der Waals surface area contributed by atoms with E-state index in [4.69, 9.17) is 0 Å². The number of hydrogen-bond acceptors (Lipinski definition) is 4. The maximum Gasteiger partial charge on any atom is 0.352 e. The molecule has 1 unspecified atom stereocenters. The summed E-state index contributed by atoms with van der Waals surface area (Å²) in [7, 11) is 0. The zero-order valence-corrected chi connectivity index (χ0v) is 15.5. The Labute approximate surface area is 156 Å². The van der Waals surface area contributed by atoms with E-state index in [9.17, 15) is 19.5 Å². The number of halogens is 1. The van der Waals surface area contributed by atoms with Crippen molar-refractivity contribution in [3.05, 3.63) is 47.2 Å². The van der Waals surface area contributed by atoms with Gasteiger partial charge in [-0.1, -0.05) is 52.9 Å². The van der Waals surface area contributed by atoms with E-state index in [0.29, 0.717) is 10.2 Å². The highest BCUT2D eigenvalue weighted by atomic mass is 127. The van der Waals surface area contributed by atoms with E-state index < -0.39 is 12.0 Å². The summed E-state index contributed by atoms with van der Waals surface area (Å²) in [4.78, 5) is 37.3. The molecule has 0 saturated carbocycles. The van der Waals surface area contributed by atoms with Crippen LogP contribution in [0.1, 0.15) is 5.56 Å². The minimum atomic E-state index is -1.09. The number of thioether (sulfide) groups is 1. The number of alkyl halides is 1. The lowest BCUT2D eigenvalue weighted by Gasteiger charge is -2.49. The first-order valence-corrected chi connectivity index (χ1v) is 9.89. The van der Waals surface area contributed by atoms with Crippen LogP contribution < -0.4 is 5.32 Å². The molecule has 2 N–H and O–H groups in total. The molecule has 8 heteroatoms. The highest BCUT2D eigenvalue weighted by molar-refractivity contribution is 14.1. The smallest absolute Gasteiger partial charge is 0.352 e. The molecule has 1 saturated heterocycles. The molecule has 2 atom stereocenters. The second-order valence-electron chi connectivity index (χ2n) is 5.51. The van der Waals surface area contributed by atoms with Gasteiger partial charge in [-0.05, 0) is 11.1 Å². The number of benzene rings is 1. The number of carbonyl (C=O) groups is 3. The molecule has 0 bridgehead atoms. The lowest BCUT2D eigenvalue weighted by molar-refractivity contribution is -0.150. The van der Waals surface area contributed by atoms with Gasteiger partial charge in [0.2, 0.25) is 5.91 Å². The van der Waals surface area contributed by atoms with Crippen LogP contribution in [0.2, 0.25) is 0 Å². The molecule has 2 aliphatic heterocycles. The third-order valence-corrected chi connectivity index (χ3v) is 6.20. The van der Waals surface area contributed by atoms with Crippen molar-refractivity contribution in [2.75, 3.05) is 10.2 Å². The fourth-order valence-corrected chi connectivity index (χ4v) is 5.13. The average molecular weight is 458 g/mol. The van der Waals surface area contributed by atoms with Crippen molar-refractivity contribution in [2.24, 2.45) is 0 Å². The summed E-state index contributed by atoms with van der Waals surface area (Å²) in [6.45, 7) is 0. The third kappa shape index (κ3) is 3.16. The fraction of sp³-hybridized carbons (Fsp3) is 0.312. The van der Waals surface area contributed by atoms with Gasteiger partial charge in [0.1, 0.15) is 17.1 Å². The molecule has 126 valence electrons. The molecule has 3 rings (SSSR count). The first-order valence-electron chi connectivity index (χ1n) is 7.32. The summed E-state index contributed by atoms with van der Waals surface area (Å²) in [5, 5.41) is 11.8. The van der Waals surface area contributed by atoms with Gasteiger partial charge < -0.3 is 10.4 Å². The minimum Gasteiger partial charge on any atom is -0.477 e. The Balaban J connectivity index is 1.69. The van der Waals surface area contributed by atoms with Crippen LogP contribution in [0.15, 0.2) is 41.6 Å². The minimum absolute atomic E-state index is 0.0757. The molecule has 24 heavy (non-hydrogen) atoms. The molecule has 1 fully saturated rings. The number of nitrogens with one attached hydrogen (secondary N) is 1. The Morgan fingerprint density at radius 3 is 2.67 bits per heavy atom. The number of rotatable bonds is 5. The number of β-lactam (4-membered cyclic amide) rings is 1. The van der Waals surface area contributed by atoms with Crippen molar-refractivity contribution in [3.8, 4) is 0 Å². The topological polar surface area (TPSA) is 86.7 Å². The Bertz CT molecular complexity index is 722. The van der Waals surface area contributed by atoms with Crippen LogP contribution in [-0.2, 0) is 20.8 Å². The zero-order valence-electron chi connectivity index (χ0n) is 12.6.